The summed E-state index contributed by atoms with van der Waals surface area (Å²) in [7, 11) is 0. The van der Waals surface area contributed by atoms with Crippen molar-refractivity contribution in [1.29, 1.82) is 0 Å². The van der Waals surface area contributed by atoms with Crippen molar-refractivity contribution in [3.63, 3.8) is 0 Å². The van der Waals surface area contributed by atoms with Crippen LogP contribution in [0.2, 0.25) is 0 Å². The van der Waals surface area contributed by atoms with Crippen molar-refractivity contribution < 1.29 is 9.53 Å². The van der Waals surface area contributed by atoms with Gasteiger partial charge in [-0.05, 0) is 35.6 Å². The molecule has 0 spiro atoms. The Hall–Kier alpha value is -1.83. The summed E-state index contributed by atoms with van der Waals surface area (Å²) in [5.74, 6) is 0.385. The zero-order valence-electron chi connectivity index (χ0n) is 10.4. The van der Waals surface area contributed by atoms with E-state index in [0.717, 1.165) is 6.42 Å². The minimum Gasteiger partial charge on any atom is -0.466 e. The van der Waals surface area contributed by atoms with E-state index in [0.29, 0.717) is 12.5 Å². The smallest absolute Gasteiger partial charge is 0.309 e. The first-order valence-electron chi connectivity index (χ1n) is 6.45. The molecule has 0 radical (unpaired) electrons. The predicted octanol–water partition coefficient (Wildman–Crippen LogP) is 3.51. The van der Waals surface area contributed by atoms with Crippen LogP contribution < -0.4 is 0 Å². The van der Waals surface area contributed by atoms with Crippen LogP contribution >= 0.6 is 0 Å². The maximum absolute atomic E-state index is 11.6. The number of fused-ring (bicyclic) bond motifs is 1. The molecule has 0 aromatic heterocycles. The van der Waals surface area contributed by atoms with E-state index in [4.69, 9.17) is 4.74 Å². The van der Waals surface area contributed by atoms with Gasteiger partial charge in [-0.15, -0.1) is 0 Å². The van der Waals surface area contributed by atoms with Gasteiger partial charge in [0.25, 0.3) is 0 Å². The second kappa shape index (κ2) is 4.45. The average molecular weight is 240 g/mol. The van der Waals surface area contributed by atoms with Crippen LogP contribution in [0.1, 0.15) is 24.8 Å². The summed E-state index contributed by atoms with van der Waals surface area (Å²) in [6.07, 6.45) is 0.928. The summed E-state index contributed by atoms with van der Waals surface area (Å²) in [4.78, 5) is 11.6. The first-order chi connectivity index (χ1) is 8.79. The van der Waals surface area contributed by atoms with Crippen molar-refractivity contribution in [3.05, 3.63) is 48.0 Å². The highest BCUT2D eigenvalue weighted by molar-refractivity contribution is 5.84. The van der Waals surface area contributed by atoms with Crippen molar-refractivity contribution in [3.8, 4) is 0 Å². The van der Waals surface area contributed by atoms with Crippen molar-refractivity contribution in [2.75, 3.05) is 6.61 Å². The molecule has 0 bridgehead atoms. The monoisotopic (exact) mass is 240 g/mol. The molecule has 2 nitrogen and oxygen atoms in total. The predicted molar refractivity (Wildman–Crippen MR) is 71.4 cm³/mol. The lowest BCUT2D eigenvalue weighted by Gasteiger charge is -2.03. The van der Waals surface area contributed by atoms with Crippen LogP contribution in [-0.2, 0) is 9.53 Å². The number of esters is 1. The number of ether oxygens (including phenoxy) is 1. The van der Waals surface area contributed by atoms with Crippen LogP contribution in [0.15, 0.2) is 42.5 Å². The maximum Gasteiger partial charge on any atom is 0.309 e. The van der Waals surface area contributed by atoms with Gasteiger partial charge in [0.1, 0.15) is 0 Å². The van der Waals surface area contributed by atoms with E-state index >= 15 is 0 Å². The van der Waals surface area contributed by atoms with E-state index in [1.54, 1.807) is 0 Å². The average Bonchev–Trinajstić information content (AvgIpc) is 3.19. The van der Waals surface area contributed by atoms with E-state index in [1.165, 1.54) is 16.3 Å². The SMILES string of the molecule is CCOC(=O)[C@H]1C[C@H]1c1ccc2ccccc2c1. The van der Waals surface area contributed by atoms with Crippen LogP contribution in [0.3, 0.4) is 0 Å². The van der Waals surface area contributed by atoms with E-state index in [2.05, 4.69) is 30.3 Å². The Kier molecular flexibility index (Phi) is 2.78. The molecule has 2 heteroatoms. The Balaban J connectivity index is 1.82. The molecule has 18 heavy (non-hydrogen) atoms. The van der Waals surface area contributed by atoms with Crippen molar-refractivity contribution >= 4 is 16.7 Å². The number of hydrogen-bond donors (Lipinski definition) is 0. The van der Waals surface area contributed by atoms with Crippen LogP contribution in [0.25, 0.3) is 10.8 Å². The summed E-state index contributed by atoms with van der Waals surface area (Å²) in [5, 5.41) is 2.49. The summed E-state index contributed by atoms with van der Waals surface area (Å²) in [5.41, 5.74) is 1.26. The Labute approximate surface area is 107 Å². The fraction of sp³-hybridized carbons (Fsp3) is 0.312. The van der Waals surface area contributed by atoms with Gasteiger partial charge in [-0.1, -0.05) is 42.5 Å². The lowest BCUT2D eigenvalue weighted by atomic mass is 10.0. The highest BCUT2D eigenvalue weighted by Crippen LogP contribution is 2.48. The zero-order valence-corrected chi connectivity index (χ0v) is 10.4. The normalized spacial score (nSPS) is 21.8. The van der Waals surface area contributed by atoms with Gasteiger partial charge in [0, 0.05) is 0 Å². The maximum atomic E-state index is 11.6. The van der Waals surface area contributed by atoms with E-state index < -0.39 is 0 Å². The lowest BCUT2D eigenvalue weighted by Crippen LogP contribution is -2.07. The van der Waals surface area contributed by atoms with Gasteiger partial charge in [0.15, 0.2) is 0 Å². The highest BCUT2D eigenvalue weighted by Gasteiger charge is 2.45. The minimum absolute atomic E-state index is 0.0457. The zero-order chi connectivity index (χ0) is 12.5. The van der Waals surface area contributed by atoms with Gasteiger partial charge in [0.05, 0.1) is 12.5 Å². The minimum atomic E-state index is -0.0457. The van der Waals surface area contributed by atoms with Crippen LogP contribution in [-0.4, -0.2) is 12.6 Å². The molecule has 0 heterocycles. The molecule has 1 aliphatic carbocycles. The molecule has 0 amide bonds. The molecule has 92 valence electrons. The number of carbonyl (C=O) groups is 1. The second-order valence-corrected chi connectivity index (χ2v) is 4.81. The molecule has 2 atom stereocenters. The molecule has 2 aromatic carbocycles. The topological polar surface area (TPSA) is 26.3 Å². The molecule has 1 aliphatic rings. The number of rotatable bonds is 3. The van der Waals surface area contributed by atoms with Gasteiger partial charge >= 0.3 is 5.97 Å². The molecule has 1 saturated carbocycles. The van der Waals surface area contributed by atoms with Crippen molar-refractivity contribution in [2.24, 2.45) is 5.92 Å². The largest absolute Gasteiger partial charge is 0.466 e. The van der Waals surface area contributed by atoms with Gasteiger partial charge in [-0.25, -0.2) is 0 Å². The van der Waals surface area contributed by atoms with Gasteiger partial charge in [-0.2, -0.15) is 0 Å². The first-order valence-corrected chi connectivity index (χ1v) is 6.45. The summed E-state index contributed by atoms with van der Waals surface area (Å²) >= 11 is 0. The molecular weight excluding hydrogens is 224 g/mol. The second-order valence-electron chi connectivity index (χ2n) is 4.81. The summed E-state index contributed by atoms with van der Waals surface area (Å²) < 4.78 is 5.07. The Bertz CT molecular complexity index is 588. The lowest BCUT2D eigenvalue weighted by molar-refractivity contribution is -0.144. The Morgan fingerprint density at radius 2 is 2.00 bits per heavy atom. The van der Waals surface area contributed by atoms with Crippen molar-refractivity contribution in [2.45, 2.75) is 19.3 Å². The number of carbonyl (C=O) groups excluding carboxylic acids is 1. The van der Waals surface area contributed by atoms with Crippen molar-refractivity contribution in [1.82, 2.24) is 0 Å². The summed E-state index contributed by atoms with van der Waals surface area (Å²) in [6.45, 7) is 2.32. The third kappa shape index (κ3) is 1.99. The summed E-state index contributed by atoms with van der Waals surface area (Å²) in [6, 6.07) is 14.8. The van der Waals surface area contributed by atoms with E-state index in [1.807, 2.05) is 19.1 Å². The fourth-order valence-corrected chi connectivity index (χ4v) is 2.51. The van der Waals surface area contributed by atoms with Gasteiger partial charge in [-0.3, -0.25) is 4.79 Å². The fourth-order valence-electron chi connectivity index (χ4n) is 2.51. The van der Waals surface area contributed by atoms with E-state index in [9.17, 15) is 4.79 Å². The number of hydrogen-bond acceptors (Lipinski definition) is 2. The molecule has 0 unspecified atom stereocenters. The Morgan fingerprint density at radius 1 is 1.22 bits per heavy atom. The highest BCUT2D eigenvalue weighted by atomic mass is 16.5. The molecule has 1 fully saturated rings. The molecule has 0 saturated heterocycles. The van der Waals surface area contributed by atoms with Gasteiger partial charge in [0.2, 0.25) is 0 Å². The van der Waals surface area contributed by atoms with Crippen LogP contribution in [0.4, 0.5) is 0 Å². The third-order valence-corrected chi connectivity index (χ3v) is 3.58. The first kappa shape index (κ1) is 11.3. The van der Waals surface area contributed by atoms with Crippen LogP contribution in [0.5, 0.6) is 0 Å². The molecule has 0 N–H and O–H groups in total. The molecule has 2 aromatic rings. The van der Waals surface area contributed by atoms with Gasteiger partial charge < -0.3 is 4.74 Å². The third-order valence-electron chi connectivity index (χ3n) is 3.58. The Morgan fingerprint density at radius 3 is 2.78 bits per heavy atom. The standard InChI is InChI=1S/C16H16O2/c1-2-18-16(17)15-10-14(15)13-8-7-11-5-3-4-6-12(11)9-13/h3-9,14-15H,2,10H2,1H3/t14-,15-/m0/s1. The quantitative estimate of drug-likeness (QED) is 0.767. The van der Waals surface area contributed by atoms with Crippen LogP contribution in [0, 0.1) is 5.92 Å². The molecular formula is C16H16O2. The molecule has 3 rings (SSSR count). The van der Waals surface area contributed by atoms with E-state index in [-0.39, 0.29) is 11.9 Å². The number of benzene rings is 2. The molecule has 0 aliphatic heterocycles.